The molecule has 0 saturated carbocycles. The summed E-state index contributed by atoms with van der Waals surface area (Å²) in [4.78, 5) is 0. The molecule has 1 unspecified atom stereocenters. The molecule has 1 aromatic carbocycles. The Morgan fingerprint density at radius 1 is 1.03 bits per heavy atom. The molecule has 0 amide bonds. The van der Waals surface area contributed by atoms with Crippen LogP contribution in [0.25, 0.3) is 0 Å². The van der Waals surface area contributed by atoms with Gasteiger partial charge in [0.05, 0.1) is 19.1 Å². The Balaban J connectivity index is 0.000000327. The third-order valence-corrected chi connectivity index (χ3v) is 12.0. The summed E-state index contributed by atoms with van der Waals surface area (Å²) in [5, 5.41) is 0. The van der Waals surface area contributed by atoms with Crippen LogP contribution in [0.3, 0.4) is 0 Å². The molecule has 2 rings (SSSR count). The summed E-state index contributed by atoms with van der Waals surface area (Å²) in [7, 11) is 1.67. The third-order valence-electron chi connectivity index (χ3n) is 5.70. The van der Waals surface area contributed by atoms with E-state index < -0.39 is 0 Å². The van der Waals surface area contributed by atoms with E-state index in [4.69, 9.17) is 9.47 Å². The maximum absolute atomic E-state index is 5.68. The molecule has 0 aromatic heterocycles. The van der Waals surface area contributed by atoms with Crippen molar-refractivity contribution in [2.24, 2.45) is 11.3 Å². The number of para-hydroxylation sites is 1. The van der Waals surface area contributed by atoms with Gasteiger partial charge in [0.15, 0.2) is 0 Å². The first-order chi connectivity index (χ1) is 14.4. The van der Waals surface area contributed by atoms with Crippen molar-refractivity contribution in [1.29, 1.82) is 0 Å². The molecule has 0 radical (unpaired) electrons. The van der Waals surface area contributed by atoms with E-state index in [1.54, 1.807) is 30.1 Å². The van der Waals surface area contributed by atoms with Gasteiger partial charge in [0, 0.05) is 0 Å². The molecule has 0 bridgehead atoms. The summed E-state index contributed by atoms with van der Waals surface area (Å²) < 4.78 is 12.7. The molecule has 0 fully saturated rings. The average Bonchev–Trinajstić information content (AvgIpc) is 2.89. The summed E-state index contributed by atoms with van der Waals surface area (Å²) in [5.74, 6) is 2.49. The maximum atomic E-state index is 5.68. The Morgan fingerprint density at radius 3 is 2.03 bits per heavy atom. The van der Waals surface area contributed by atoms with Gasteiger partial charge in [0.1, 0.15) is 5.75 Å². The van der Waals surface area contributed by atoms with Crippen molar-refractivity contribution in [3.63, 3.8) is 0 Å². The van der Waals surface area contributed by atoms with Crippen LogP contribution in [0.2, 0.25) is 13.1 Å². The van der Waals surface area contributed by atoms with E-state index in [2.05, 4.69) is 61.6 Å². The van der Waals surface area contributed by atoms with Gasteiger partial charge < -0.3 is 9.47 Å². The molecule has 31 heavy (non-hydrogen) atoms. The van der Waals surface area contributed by atoms with Crippen LogP contribution in [0.15, 0.2) is 74.6 Å². The van der Waals surface area contributed by atoms with Crippen molar-refractivity contribution in [1.82, 2.24) is 0 Å². The monoisotopic (exact) mass is 474 g/mol. The first-order valence-electron chi connectivity index (χ1n) is 11.2. The number of ether oxygens (including phenoxy) is 2. The fourth-order valence-electron chi connectivity index (χ4n) is 3.24. The zero-order chi connectivity index (χ0) is 23.8. The van der Waals surface area contributed by atoms with Crippen LogP contribution in [0.4, 0.5) is 0 Å². The van der Waals surface area contributed by atoms with E-state index >= 15 is 0 Å². The van der Waals surface area contributed by atoms with Gasteiger partial charge in [-0.15, -0.1) is 0 Å². The van der Waals surface area contributed by atoms with Crippen LogP contribution in [0.1, 0.15) is 55.4 Å². The van der Waals surface area contributed by atoms with Crippen molar-refractivity contribution < 1.29 is 27.9 Å². The van der Waals surface area contributed by atoms with Crippen molar-refractivity contribution in [3.8, 4) is 5.75 Å². The van der Waals surface area contributed by atoms with Crippen LogP contribution >= 0.6 is 0 Å². The number of methoxy groups -OCH3 is 1. The Morgan fingerprint density at radius 2 is 1.61 bits per heavy atom. The van der Waals surface area contributed by atoms with Crippen LogP contribution in [0.5, 0.6) is 5.75 Å². The second-order valence-corrected chi connectivity index (χ2v) is 19.8. The number of allylic oxidation sites excluding steroid dienone is 7. The molecular formula is C27H42O2SiTi. The molecule has 1 atom stereocenters. The van der Waals surface area contributed by atoms with Gasteiger partial charge in [-0.1, -0.05) is 39.0 Å². The molecule has 1 aliphatic carbocycles. The molecular weight excluding hydrogens is 432 g/mol. The molecule has 170 valence electrons. The molecule has 4 heteroatoms. The van der Waals surface area contributed by atoms with E-state index in [-0.39, 0.29) is 30.5 Å². The Hall–Kier alpha value is -1.29. The summed E-state index contributed by atoms with van der Waals surface area (Å²) in [5.41, 5.74) is 5.96. The minimum absolute atomic E-state index is 0.00850. The number of hydrogen-bond donors (Lipinski definition) is 0. The summed E-state index contributed by atoms with van der Waals surface area (Å²) >= 11 is 0.267. The summed E-state index contributed by atoms with van der Waals surface area (Å²) in [6.07, 6.45) is 3.79. The van der Waals surface area contributed by atoms with E-state index in [1.165, 1.54) is 0 Å². The molecule has 2 nitrogen and oxygen atoms in total. The minimum Gasteiger partial charge on any atom is -0.501 e. The van der Waals surface area contributed by atoms with E-state index in [1.807, 2.05) is 47.2 Å². The Labute approximate surface area is 201 Å². The molecule has 1 aromatic rings. The van der Waals surface area contributed by atoms with Crippen LogP contribution in [-0.4, -0.2) is 13.8 Å². The van der Waals surface area contributed by atoms with Crippen molar-refractivity contribution in [2.45, 2.75) is 68.5 Å². The summed E-state index contributed by atoms with van der Waals surface area (Å²) in [6.45, 7) is 22.4. The number of rotatable bonds is 6. The first kappa shape index (κ1) is 27.7. The molecule has 0 saturated heterocycles. The molecule has 1 aliphatic rings. The smallest absolute Gasteiger partial charge is 0.126 e. The minimum atomic E-state index is -0.315. The van der Waals surface area contributed by atoms with Crippen LogP contribution in [0, 0.1) is 11.3 Å². The van der Waals surface area contributed by atoms with Crippen molar-refractivity contribution in [2.75, 3.05) is 7.11 Å². The van der Waals surface area contributed by atoms with Crippen molar-refractivity contribution in [3.05, 3.63) is 74.6 Å². The second kappa shape index (κ2) is 12.7. The standard InChI is InChI=1S/C16H22O2.C9H13.C2H7Si.Ti/c1-13(17-5)11-14(16(2,3)4)12-18-15-9-7-6-8-10-15;1-6-5-7(2)9(4)8(6)3;1-3-2;/h6-12H,1-5H3;6H,1-4H3;3H,1-2H3;. The third kappa shape index (κ3) is 9.00. The zero-order valence-corrected chi connectivity index (χ0v) is 24.2. The zero-order valence-electron chi connectivity index (χ0n) is 21.5. The number of benzene rings is 1. The second-order valence-electron chi connectivity index (χ2n) is 9.58. The molecule has 0 aliphatic heterocycles. The largest absolute Gasteiger partial charge is 0.501 e. The molecule has 0 heterocycles. The Kier molecular flexibility index (Phi) is 11.3. The molecule has 0 spiro atoms. The first-order valence-corrected chi connectivity index (χ1v) is 17.5. The van der Waals surface area contributed by atoms with E-state index in [0.29, 0.717) is 0 Å². The summed E-state index contributed by atoms with van der Waals surface area (Å²) in [6, 6.07) is 9.75. The SMILES string of the molecule is CC1=C(C)C(C)[C]([Ti][SiH](C)C)=C1C.COC(C)=CC(=COc1ccccc1)C(C)(C)C. The van der Waals surface area contributed by atoms with Crippen LogP contribution in [-0.2, 0) is 23.1 Å². The van der Waals surface area contributed by atoms with Crippen molar-refractivity contribution >= 4 is 6.66 Å². The normalized spacial score (nSPS) is 17.6. The van der Waals surface area contributed by atoms with Gasteiger partial charge in [-0.05, 0) is 36.1 Å². The van der Waals surface area contributed by atoms with Gasteiger partial charge in [0.25, 0.3) is 0 Å². The quantitative estimate of drug-likeness (QED) is 0.237. The fraction of sp³-hybridized carbons (Fsp3) is 0.481. The Bertz CT molecular complexity index is 840. The van der Waals surface area contributed by atoms with Gasteiger partial charge in [-0.2, -0.15) is 0 Å². The van der Waals surface area contributed by atoms with E-state index in [9.17, 15) is 0 Å². The van der Waals surface area contributed by atoms with Gasteiger partial charge in [-0.25, -0.2) is 0 Å². The maximum Gasteiger partial charge on any atom is 0.126 e. The average molecular weight is 475 g/mol. The van der Waals surface area contributed by atoms with Crippen LogP contribution < -0.4 is 4.74 Å². The predicted octanol–water partition coefficient (Wildman–Crippen LogP) is 7.86. The molecule has 0 N–H and O–H groups in total. The van der Waals surface area contributed by atoms with E-state index in [0.717, 1.165) is 23.0 Å². The number of hydrogen-bond acceptors (Lipinski definition) is 2. The predicted molar refractivity (Wildman–Crippen MR) is 134 cm³/mol. The fourth-order valence-corrected chi connectivity index (χ4v) is 10.1. The van der Waals surface area contributed by atoms with Gasteiger partial charge in [0.2, 0.25) is 0 Å². The topological polar surface area (TPSA) is 18.5 Å². The van der Waals surface area contributed by atoms with Gasteiger partial charge >= 0.3 is 92.4 Å². The van der Waals surface area contributed by atoms with Gasteiger partial charge in [-0.3, -0.25) is 0 Å².